The number of rotatable bonds is 4. The first-order valence-electron chi connectivity index (χ1n) is 7.61. The maximum atomic E-state index is 12.1. The van der Waals surface area contributed by atoms with Crippen LogP contribution in [-0.2, 0) is 24.1 Å². The third-order valence-corrected chi connectivity index (χ3v) is 4.02. The Balaban J connectivity index is 1.53. The second-order valence-electron chi connectivity index (χ2n) is 5.70. The van der Waals surface area contributed by atoms with Crippen LogP contribution in [0.2, 0.25) is 0 Å². The minimum atomic E-state index is -0.185. The van der Waals surface area contributed by atoms with E-state index in [4.69, 9.17) is 0 Å². The average molecular weight is 297 g/mol. The molecule has 114 valence electrons. The summed E-state index contributed by atoms with van der Waals surface area (Å²) >= 11 is 0. The summed E-state index contributed by atoms with van der Waals surface area (Å²) in [6.07, 6.45) is 3.57. The Hall–Kier alpha value is -2.43. The number of hydrogen-bond acceptors (Lipinski definition) is 3. The number of benzene rings is 1. The van der Waals surface area contributed by atoms with Crippen LogP contribution >= 0.6 is 0 Å². The summed E-state index contributed by atoms with van der Waals surface area (Å²) in [5.41, 5.74) is 2.87. The molecule has 1 heterocycles. The summed E-state index contributed by atoms with van der Waals surface area (Å²) in [4.78, 5) is 23.4. The number of aryl methyl sites for hydroxylation is 2. The number of aromatic amines is 1. The monoisotopic (exact) mass is 297 g/mol. The summed E-state index contributed by atoms with van der Waals surface area (Å²) in [5, 5.41) is 9.59. The van der Waals surface area contributed by atoms with Gasteiger partial charge in [0.1, 0.15) is 0 Å². The fourth-order valence-electron chi connectivity index (χ4n) is 2.87. The molecular formula is C17H19N3O2. The number of amides is 1. The molecular weight excluding hydrogens is 278 g/mol. The van der Waals surface area contributed by atoms with E-state index in [2.05, 4.69) is 15.5 Å². The van der Waals surface area contributed by atoms with Gasteiger partial charge in [0, 0.05) is 18.5 Å². The van der Waals surface area contributed by atoms with Crippen molar-refractivity contribution in [3.8, 4) is 0 Å². The van der Waals surface area contributed by atoms with Gasteiger partial charge in [0.15, 0.2) is 0 Å². The standard InChI is InChI=1S/C17H19N3O2/c21-16(9-6-12-4-2-1-3-5-12)18-14-7-8-15-13(10-14)11-17(22)20-19-15/h1-5,11,14H,6-10H2,(H,18,21)(H,20,22). The van der Waals surface area contributed by atoms with Crippen LogP contribution < -0.4 is 10.9 Å². The van der Waals surface area contributed by atoms with Crippen molar-refractivity contribution in [2.24, 2.45) is 0 Å². The van der Waals surface area contributed by atoms with Crippen LogP contribution in [0.1, 0.15) is 29.7 Å². The van der Waals surface area contributed by atoms with Gasteiger partial charge in [0.25, 0.3) is 5.56 Å². The molecule has 1 aromatic carbocycles. The van der Waals surface area contributed by atoms with E-state index in [0.29, 0.717) is 12.8 Å². The number of nitrogens with zero attached hydrogens (tertiary/aromatic N) is 1. The maximum Gasteiger partial charge on any atom is 0.264 e. The number of carbonyl (C=O) groups is 1. The molecule has 5 nitrogen and oxygen atoms in total. The summed E-state index contributed by atoms with van der Waals surface area (Å²) < 4.78 is 0. The molecule has 1 aliphatic rings. The van der Waals surface area contributed by atoms with Crippen LogP contribution in [0.15, 0.2) is 41.2 Å². The van der Waals surface area contributed by atoms with E-state index < -0.39 is 0 Å². The summed E-state index contributed by atoms with van der Waals surface area (Å²) in [6.45, 7) is 0. The van der Waals surface area contributed by atoms with Gasteiger partial charge in [-0.05, 0) is 36.8 Å². The van der Waals surface area contributed by atoms with E-state index in [1.807, 2.05) is 30.3 Å². The molecule has 0 fully saturated rings. The molecule has 2 aromatic rings. The van der Waals surface area contributed by atoms with Crippen molar-refractivity contribution in [3.05, 3.63) is 63.6 Å². The molecule has 0 saturated heterocycles. The molecule has 0 radical (unpaired) electrons. The lowest BCUT2D eigenvalue weighted by Crippen LogP contribution is -2.39. The quantitative estimate of drug-likeness (QED) is 0.895. The van der Waals surface area contributed by atoms with E-state index in [9.17, 15) is 9.59 Å². The first-order valence-corrected chi connectivity index (χ1v) is 7.61. The van der Waals surface area contributed by atoms with Crippen LogP contribution in [0, 0.1) is 0 Å². The van der Waals surface area contributed by atoms with Crippen LogP contribution in [0.25, 0.3) is 0 Å². The molecule has 5 heteroatoms. The molecule has 2 N–H and O–H groups in total. The number of H-pyrrole nitrogens is 1. The van der Waals surface area contributed by atoms with Crippen molar-refractivity contribution < 1.29 is 4.79 Å². The van der Waals surface area contributed by atoms with Crippen LogP contribution in [-0.4, -0.2) is 22.1 Å². The summed E-state index contributed by atoms with van der Waals surface area (Å²) in [6, 6.07) is 11.7. The summed E-state index contributed by atoms with van der Waals surface area (Å²) in [7, 11) is 0. The SMILES string of the molecule is O=C(CCc1ccccc1)NC1CCc2n[nH]c(=O)cc2C1. The van der Waals surface area contributed by atoms with Gasteiger partial charge in [-0.2, -0.15) is 5.10 Å². The second kappa shape index (κ2) is 6.56. The van der Waals surface area contributed by atoms with Gasteiger partial charge in [-0.3, -0.25) is 9.59 Å². The first-order chi connectivity index (χ1) is 10.7. The average Bonchev–Trinajstić information content (AvgIpc) is 2.53. The lowest BCUT2D eigenvalue weighted by Gasteiger charge is -2.24. The lowest BCUT2D eigenvalue weighted by molar-refractivity contribution is -0.121. The minimum Gasteiger partial charge on any atom is -0.353 e. The van der Waals surface area contributed by atoms with Gasteiger partial charge in [-0.25, -0.2) is 5.10 Å². The zero-order valence-corrected chi connectivity index (χ0v) is 12.3. The molecule has 0 bridgehead atoms. The fourth-order valence-corrected chi connectivity index (χ4v) is 2.87. The molecule has 1 atom stereocenters. The molecule has 1 amide bonds. The zero-order valence-electron chi connectivity index (χ0n) is 12.3. The highest BCUT2D eigenvalue weighted by Gasteiger charge is 2.21. The van der Waals surface area contributed by atoms with Gasteiger partial charge in [0.2, 0.25) is 5.91 Å². The smallest absolute Gasteiger partial charge is 0.264 e. The highest BCUT2D eigenvalue weighted by Crippen LogP contribution is 2.17. The Morgan fingerprint density at radius 3 is 2.95 bits per heavy atom. The van der Waals surface area contributed by atoms with Crippen LogP contribution in [0.4, 0.5) is 0 Å². The third kappa shape index (κ3) is 3.61. The zero-order chi connectivity index (χ0) is 15.4. The largest absolute Gasteiger partial charge is 0.353 e. The van der Waals surface area contributed by atoms with E-state index in [1.54, 1.807) is 6.07 Å². The molecule has 0 spiro atoms. The number of aromatic nitrogens is 2. The topological polar surface area (TPSA) is 74.8 Å². The number of nitrogens with one attached hydrogen (secondary N) is 2. The Morgan fingerprint density at radius 1 is 1.32 bits per heavy atom. The normalized spacial score (nSPS) is 16.8. The Labute approximate surface area is 128 Å². The third-order valence-electron chi connectivity index (χ3n) is 4.02. The highest BCUT2D eigenvalue weighted by molar-refractivity contribution is 5.76. The van der Waals surface area contributed by atoms with Crippen LogP contribution in [0.3, 0.4) is 0 Å². The molecule has 22 heavy (non-hydrogen) atoms. The predicted molar refractivity (Wildman–Crippen MR) is 83.6 cm³/mol. The number of fused-ring (bicyclic) bond motifs is 1. The fraction of sp³-hybridized carbons (Fsp3) is 0.353. The Kier molecular flexibility index (Phi) is 4.32. The molecule has 1 aliphatic carbocycles. The highest BCUT2D eigenvalue weighted by atomic mass is 16.1. The molecule has 1 unspecified atom stereocenters. The van der Waals surface area contributed by atoms with E-state index in [0.717, 1.165) is 30.5 Å². The Bertz CT molecular complexity index is 709. The van der Waals surface area contributed by atoms with Crippen molar-refractivity contribution >= 4 is 5.91 Å². The van der Waals surface area contributed by atoms with E-state index >= 15 is 0 Å². The molecule has 0 aliphatic heterocycles. The second-order valence-corrected chi connectivity index (χ2v) is 5.70. The van der Waals surface area contributed by atoms with Crippen molar-refractivity contribution in [1.29, 1.82) is 0 Å². The summed E-state index contributed by atoms with van der Waals surface area (Å²) in [5.74, 6) is 0.0649. The van der Waals surface area contributed by atoms with Gasteiger partial charge < -0.3 is 5.32 Å². The minimum absolute atomic E-state index is 0.0649. The first kappa shape index (κ1) is 14.5. The predicted octanol–water partition coefficient (Wildman–Crippen LogP) is 1.38. The number of carbonyl (C=O) groups excluding carboxylic acids is 1. The molecule has 0 saturated carbocycles. The maximum absolute atomic E-state index is 12.1. The van der Waals surface area contributed by atoms with Crippen molar-refractivity contribution in [1.82, 2.24) is 15.5 Å². The molecule has 1 aromatic heterocycles. The van der Waals surface area contributed by atoms with E-state index in [1.165, 1.54) is 5.56 Å². The Morgan fingerprint density at radius 2 is 2.14 bits per heavy atom. The van der Waals surface area contributed by atoms with Gasteiger partial charge in [0.05, 0.1) is 5.69 Å². The van der Waals surface area contributed by atoms with Crippen molar-refractivity contribution in [2.75, 3.05) is 0 Å². The van der Waals surface area contributed by atoms with Gasteiger partial charge in [-0.1, -0.05) is 30.3 Å². The molecule has 3 rings (SSSR count). The van der Waals surface area contributed by atoms with Gasteiger partial charge >= 0.3 is 0 Å². The van der Waals surface area contributed by atoms with E-state index in [-0.39, 0.29) is 17.5 Å². The van der Waals surface area contributed by atoms with Crippen molar-refractivity contribution in [3.63, 3.8) is 0 Å². The lowest BCUT2D eigenvalue weighted by atomic mass is 9.92. The van der Waals surface area contributed by atoms with Crippen molar-refractivity contribution in [2.45, 2.75) is 38.1 Å². The van der Waals surface area contributed by atoms with Crippen LogP contribution in [0.5, 0.6) is 0 Å². The number of hydrogen-bond donors (Lipinski definition) is 2. The van der Waals surface area contributed by atoms with Gasteiger partial charge in [-0.15, -0.1) is 0 Å².